The average Bonchev–Trinajstić information content (AvgIpc) is 3.61. The van der Waals surface area contributed by atoms with Crippen LogP contribution in [0.5, 0.6) is 0 Å². The van der Waals surface area contributed by atoms with Crippen LogP contribution < -0.4 is 4.90 Å². The van der Waals surface area contributed by atoms with Crippen molar-refractivity contribution in [2.45, 2.75) is 0 Å². The molecule has 1 aromatic heterocycles. The van der Waals surface area contributed by atoms with Crippen LogP contribution in [0.1, 0.15) is 0 Å². The molecule has 2 nitrogen and oxygen atoms in total. The highest BCUT2D eigenvalue weighted by atomic mass is 15.1. The molecule has 10 rings (SSSR count). The maximum Gasteiger partial charge on any atom is 0.0562 e. The van der Waals surface area contributed by atoms with Crippen molar-refractivity contribution in [3.05, 3.63) is 231 Å². The fourth-order valence-electron chi connectivity index (χ4n) is 8.08. The Morgan fingerprint density at radius 2 is 0.714 bits per heavy atom. The first-order valence-corrected chi connectivity index (χ1v) is 19.2. The zero-order valence-corrected chi connectivity index (χ0v) is 30.8. The van der Waals surface area contributed by atoms with Crippen LogP contribution in [0.4, 0.5) is 17.1 Å². The lowest BCUT2D eigenvalue weighted by Gasteiger charge is -2.26. The minimum atomic E-state index is 1.09. The Labute approximate surface area is 327 Å². The summed E-state index contributed by atoms with van der Waals surface area (Å²) >= 11 is 0. The van der Waals surface area contributed by atoms with E-state index in [1.54, 1.807) is 0 Å². The lowest BCUT2D eigenvalue weighted by atomic mass is 9.98. The molecule has 0 bridgehead atoms. The quantitative estimate of drug-likeness (QED) is 0.152. The molecule has 0 spiro atoms. The van der Waals surface area contributed by atoms with Gasteiger partial charge in [0.15, 0.2) is 0 Å². The van der Waals surface area contributed by atoms with E-state index in [9.17, 15) is 0 Å². The molecule has 0 aliphatic carbocycles. The van der Waals surface area contributed by atoms with Crippen LogP contribution >= 0.6 is 0 Å². The van der Waals surface area contributed by atoms with Gasteiger partial charge >= 0.3 is 0 Å². The lowest BCUT2D eigenvalue weighted by Crippen LogP contribution is -2.10. The summed E-state index contributed by atoms with van der Waals surface area (Å²) < 4.78 is 2.45. The van der Waals surface area contributed by atoms with E-state index in [2.05, 4.69) is 240 Å². The van der Waals surface area contributed by atoms with Gasteiger partial charge in [0.05, 0.1) is 16.7 Å². The van der Waals surface area contributed by atoms with Gasteiger partial charge in [-0.3, -0.25) is 0 Å². The van der Waals surface area contributed by atoms with Gasteiger partial charge in [0, 0.05) is 33.4 Å². The van der Waals surface area contributed by atoms with E-state index in [0.29, 0.717) is 0 Å². The molecule has 10 aromatic rings. The molecule has 0 saturated heterocycles. The number of rotatable bonds is 8. The van der Waals surface area contributed by atoms with E-state index in [0.717, 1.165) is 28.3 Å². The number of anilines is 3. The number of aromatic nitrogens is 1. The van der Waals surface area contributed by atoms with Crippen LogP contribution in [0, 0.1) is 0 Å². The van der Waals surface area contributed by atoms with Crippen LogP contribution in [0.15, 0.2) is 231 Å². The Morgan fingerprint density at radius 1 is 0.268 bits per heavy atom. The zero-order valence-electron chi connectivity index (χ0n) is 30.8. The SMILES string of the molecule is c1ccc(-c2ccc(N(c3ccc(-c4ccccc4)cc3)c3ccc4c5ccccc5n(-c5ccccc5-c5cccc(-c6ccccc6)c5)c4c3)cc2)cc1. The van der Waals surface area contributed by atoms with Gasteiger partial charge in [-0.1, -0.05) is 176 Å². The molecule has 0 unspecified atom stereocenters. The predicted molar refractivity (Wildman–Crippen MR) is 237 cm³/mol. The third-order valence-corrected chi connectivity index (χ3v) is 10.8. The summed E-state index contributed by atoms with van der Waals surface area (Å²) in [6.07, 6.45) is 0. The molecule has 2 heteroatoms. The molecule has 0 aliphatic rings. The molecule has 0 aliphatic heterocycles. The van der Waals surface area contributed by atoms with Crippen LogP contribution in [0.3, 0.4) is 0 Å². The van der Waals surface area contributed by atoms with Gasteiger partial charge < -0.3 is 9.47 Å². The van der Waals surface area contributed by atoms with Gasteiger partial charge in [-0.15, -0.1) is 0 Å². The van der Waals surface area contributed by atoms with Gasteiger partial charge in [-0.05, 0) is 93.5 Å². The molecule has 264 valence electrons. The molecule has 9 aromatic carbocycles. The first-order chi connectivity index (χ1) is 27.8. The van der Waals surface area contributed by atoms with E-state index in [-0.39, 0.29) is 0 Å². The number of hydrogen-bond donors (Lipinski definition) is 0. The summed E-state index contributed by atoms with van der Waals surface area (Å²) in [7, 11) is 0. The molecule has 0 N–H and O–H groups in total. The molecule has 0 amide bonds. The molecular formula is C54H38N2. The number of hydrogen-bond acceptors (Lipinski definition) is 1. The maximum absolute atomic E-state index is 2.45. The van der Waals surface area contributed by atoms with Crippen LogP contribution in [-0.2, 0) is 0 Å². The molecule has 0 fully saturated rings. The summed E-state index contributed by atoms with van der Waals surface area (Å²) in [6.45, 7) is 0. The second-order valence-corrected chi connectivity index (χ2v) is 14.2. The fourth-order valence-corrected chi connectivity index (χ4v) is 8.08. The van der Waals surface area contributed by atoms with E-state index in [4.69, 9.17) is 0 Å². The second-order valence-electron chi connectivity index (χ2n) is 14.2. The van der Waals surface area contributed by atoms with Crippen molar-refractivity contribution >= 4 is 38.9 Å². The number of para-hydroxylation sites is 2. The Kier molecular flexibility index (Phi) is 8.55. The average molecular weight is 715 g/mol. The number of fused-ring (bicyclic) bond motifs is 3. The van der Waals surface area contributed by atoms with Crippen molar-refractivity contribution in [2.24, 2.45) is 0 Å². The van der Waals surface area contributed by atoms with E-state index < -0.39 is 0 Å². The predicted octanol–water partition coefficient (Wildman–Crippen LogP) is 14.9. The van der Waals surface area contributed by atoms with Gasteiger partial charge in [-0.25, -0.2) is 0 Å². The van der Waals surface area contributed by atoms with Crippen molar-refractivity contribution in [1.29, 1.82) is 0 Å². The van der Waals surface area contributed by atoms with E-state index in [1.165, 1.54) is 60.8 Å². The second kappa shape index (κ2) is 14.4. The minimum absolute atomic E-state index is 1.09. The third kappa shape index (κ3) is 6.14. The number of nitrogens with zero attached hydrogens (tertiary/aromatic N) is 2. The zero-order chi connectivity index (χ0) is 37.3. The summed E-state index contributed by atoms with van der Waals surface area (Å²) in [5.74, 6) is 0. The van der Waals surface area contributed by atoms with E-state index >= 15 is 0 Å². The molecule has 0 atom stereocenters. The summed E-state index contributed by atoms with van der Waals surface area (Å²) in [6, 6.07) is 83.1. The fraction of sp³-hybridized carbons (Fsp3) is 0. The number of benzene rings is 9. The smallest absolute Gasteiger partial charge is 0.0562 e. The highest BCUT2D eigenvalue weighted by molar-refractivity contribution is 6.11. The highest BCUT2D eigenvalue weighted by Crippen LogP contribution is 2.42. The Balaban J connectivity index is 1.15. The van der Waals surface area contributed by atoms with Crippen molar-refractivity contribution in [3.63, 3.8) is 0 Å². The Hall–Kier alpha value is -7.42. The van der Waals surface area contributed by atoms with Crippen molar-refractivity contribution in [1.82, 2.24) is 4.57 Å². The van der Waals surface area contributed by atoms with Gasteiger partial charge in [0.2, 0.25) is 0 Å². The van der Waals surface area contributed by atoms with Crippen molar-refractivity contribution in [2.75, 3.05) is 4.90 Å². The van der Waals surface area contributed by atoms with Crippen LogP contribution in [0.2, 0.25) is 0 Å². The molecule has 0 saturated carbocycles. The van der Waals surface area contributed by atoms with Crippen molar-refractivity contribution < 1.29 is 0 Å². The van der Waals surface area contributed by atoms with Gasteiger partial charge in [0.1, 0.15) is 0 Å². The van der Waals surface area contributed by atoms with Crippen molar-refractivity contribution in [3.8, 4) is 50.2 Å². The Morgan fingerprint density at radius 3 is 1.34 bits per heavy atom. The standard InChI is InChI=1S/C54H38N2/c1-4-15-39(16-5-1)42-27-31-46(32-28-42)55(47-33-29-43(30-34-47)40-17-6-2-7-18-40)48-35-36-51-50-24-11-13-26-53(50)56(54(51)38-48)52-25-12-10-23-49(52)45-22-14-21-44(37-45)41-19-8-3-9-20-41/h1-38H. The summed E-state index contributed by atoms with van der Waals surface area (Å²) in [5, 5.41) is 2.45. The first-order valence-electron chi connectivity index (χ1n) is 19.2. The highest BCUT2D eigenvalue weighted by Gasteiger charge is 2.19. The topological polar surface area (TPSA) is 8.17 Å². The largest absolute Gasteiger partial charge is 0.310 e. The molecular weight excluding hydrogens is 677 g/mol. The third-order valence-electron chi connectivity index (χ3n) is 10.8. The monoisotopic (exact) mass is 714 g/mol. The minimum Gasteiger partial charge on any atom is -0.310 e. The maximum atomic E-state index is 2.45. The van der Waals surface area contributed by atoms with Crippen LogP contribution in [0.25, 0.3) is 72.0 Å². The summed E-state index contributed by atoms with van der Waals surface area (Å²) in [4.78, 5) is 2.38. The van der Waals surface area contributed by atoms with Gasteiger partial charge in [0.25, 0.3) is 0 Å². The summed E-state index contributed by atoms with van der Waals surface area (Å²) in [5.41, 5.74) is 16.3. The van der Waals surface area contributed by atoms with Crippen LogP contribution in [-0.4, -0.2) is 4.57 Å². The van der Waals surface area contributed by atoms with Gasteiger partial charge in [-0.2, -0.15) is 0 Å². The normalized spacial score (nSPS) is 11.2. The molecule has 56 heavy (non-hydrogen) atoms. The Bertz CT molecular complexity index is 2840. The van der Waals surface area contributed by atoms with E-state index in [1.807, 2.05) is 0 Å². The first kappa shape index (κ1) is 33.2. The molecule has 1 heterocycles. The molecule has 0 radical (unpaired) electrons. The lowest BCUT2D eigenvalue weighted by molar-refractivity contribution is 1.18.